The van der Waals surface area contributed by atoms with Crippen LogP contribution >= 0.6 is 0 Å². The molecule has 0 unspecified atom stereocenters. The lowest BCUT2D eigenvalue weighted by atomic mass is 10.2. The fraction of sp³-hybridized carbons (Fsp3) is 0.158. The highest BCUT2D eigenvalue weighted by atomic mass is 16.2. The van der Waals surface area contributed by atoms with Gasteiger partial charge in [-0.15, -0.1) is 5.10 Å². The number of anilines is 2. The van der Waals surface area contributed by atoms with Crippen molar-refractivity contribution in [1.82, 2.24) is 15.0 Å². The van der Waals surface area contributed by atoms with Crippen LogP contribution < -0.4 is 10.6 Å². The molecule has 132 valence electrons. The Bertz CT molecular complexity index is 943. The van der Waals surface area contributed by atoms with Gasteiger partial charge in [0.25, 0.3) is 5.91 Å². The van der Waals surface area contributed by atoms with Crippen LogP contribution in [0.25, 0.3) is 5.69 Å². The SMILES string of the molecule is CC(=O)Nc1ccc(NC(=O)c2nnn(-c3ccc(C)cc3)c2C)cc1. The van der Waals surface area contributed by atoms with Crippen LogP contribution in [0.4, 0.5) is 11.4 Å². The van der Waals surface area contributed by atoms with Crippen LogP contribution in [-0.2, 0) is 4.79 Å². The van der Waals surface area contributed by atoms with Gasteiger partial charge in [0.05, 0.1) is 11.4 Å². The van der Waals surface area contributed by atoms with Gasteiger partial charge in [-0.25, -0.2) is 4.68 Å². The smallest absolute Gasteiger partial charge is 0.278 e. The molecular weight excluding hydrogens is 330 g/mol. The first kappa shape index (κ1) is 17.3. The monoisotopic (exact) mass is 349 g/mol. The topological polar surface area (TPSA) is 88.9 Å². The quantitative estimate of drug-likeness (QED) is 0.757. The maximum atomic E-state index is 12.5. The third kappa shape index (κ3) is 3.77. The van der Waals surface area contributed by atoms with Crippen LogP contribution in [0.5, 0.6) is 0 Å². The Balaban J connectivity index is 1.76. The molecule has 0 saturated heterocycles. The van der Waals surface area contributed by atoms with E-state index in [0.29, 0.717) is 17.1 Å². The van der Waals surface area contributed by atoms with Gasteiger partial charge in [-0.1, -0.05) is 22.9 Å². The number of nitrogens with one attached hydrogen (secondary N) is 2. The Labute approximate surface area is 151 Å². The molecule has 1 heterocycles. The molecule has 2 amide bonds. The van der Waals surface area contributed by atoms with Crippen LogP contribution in [0.3, 0.4) is 0 Å². The molecule has 0 aliphatic rings. The molecule has 26 heavy (non-hydrogen) atoms. The zero-order valence-electron chi connectivity index (χ0n) is 14.8. The number of carbonyl (C=O) groups excluding carboxylic acids is 2. The van der Waals surface area contributed by atoms with Crippen molar-refractivity contribution in [2.45, 2.75) is 20.8 Å². The molecule has 2 aromatic carbocycles. The lowest BCUT2D eigenvalue weighted by molar-refractivity contribution is -0.114. The third-order valence-corrected chi connectivity index (χ3v) is 3.85. The van der Waals surface area contributed by atoms with Gasteiger partial charge in [-0.05, 0) is 50.2 Å². The zero-order valence-corrected chi connectivity index (χ0v) is 14.8. The summed E-state index contributed by atoms with van der Waals surface area (Å²) in [5, 5.41) is 13.6. The van der Waals surface area contributed by atoms with Crippen molar-refractivity contribution in [3.63, 3.8) is 0 Å². The predicted octanol–water partition coefficient (Wildman–Crippen LogP) is 3.09. The summed E-state index contributed by atoms with van der Waals surface area (Å²) in [6.07, 6.45) is 0. The number of hydrogen-bond acceptors (Lipinski definition) is 4. The van der Waals surface area contributed by atoms with Gasteiger partial charge in [0.1, 0.15) is 0 Å². The Morgan fingerprint density at radius 1 is 0.885 bits per heavy atom. The molecule has 7 nitrogen and oxygen atoms in total. The first-order valence-electron chi connectivity index (χ1n) is 8.12. The molecule has 0 aliphatic carbocycles. The largest absolute Gasteiger partial charge is 0.326 e. The van der Waals surface area contributed by atoms with E-state index in [9.17, 15) is 9.59 Å². The van der Waals surface area contributed by atoms with E-state index in [0.717, 1.165) is 11.3 Å². The second-order valence-electron chi connectivity index (χ2n) is 5.98. The van der Waals surface area contributed by atoms with Gasteiger partial charge in [-0.2, -0.15) is 0 Å². The normalized spacial score (nSPS) is 10.4. The molecule has 0 spiro atoms. The number of amides is 2. The molecule has 1 aromatic heterocycles. The molecule has 0 saturated carbocycles. The number of benzene rings is 2. The Morgan fingerprint density at radius 2 is 1.46 bits per heavy atom. The number of carbonyl (C=O) groups is 2. The zero-order chi connectivity index (χ0) is 18.7. The molecule has 7 heteroatoms. The van der Waals surface area contributed by atoms with Crippen LogP contribution in [0.15, 0.2) is 48.5 Å². The summed E-state index contributed by atoms with van der Waals surface area (Å²) in [5.41, 5.74) is 4.18. The van der Waals surface area contributed by atoms with E-state index in [1.807, 2.05) is 31.2 Å². The number of aryl methyl sites for hydroxylation is 1. The van der Waals surface area contributed by atoms with Gasteiger partial charge >= 0.3 is 0 Å². The second-order valence-corrected chi connectivity index (χ2v) is 5.98. The molecule has 0 aliphatic heterocycles. The van der Waals surface area contributed by atoms with Crippen molar-refractivity contribution in [3.05, 3.63) is 65.5 Å². The van der Waals surface area contributed by atoms with Gasteiger partial charge in [0.2, 0.25) is 5.91 Å². The fourth-order valence-electron chi connectivity index (χ4n) is 2.50. The summed E-state index contributed by atoms with van der Waals surface area (Å²) in [5.74, 6) is -0.488. The van der Waals surface area contributed by atoms with Gasteiger partial charge in [0, 0.05) is 18.3 Å². The summed E-state index contributed by atoms with van der Waals surface area (Å²) in [4.78, 5) is 23.5. The Hall–Kier alpha value is -3.48. The maximum absolute atomic E-state index is 12.5. The maximum Gasteiger partial charge on any atom is 0.278 e. The molecule has 2 N–H and O–H groups in total. The average Bonchev–Trinajstić information content (AvgIpc) is 2.98. The van der Waals surface area contributed by atoms with E-state index < -0.39 is 0 Å². The van der Waals surface area contributed by atoms with Gasteiger partial charge in [0.15, 0.2) is 5.69 Å². The van der Waals surface area contributed by atoms with E-state index in [4.69, 9.17) is 0 Å². The summed E-state index contributed by atoms with van der Waals surface area (Å²) in [7, 11) is 0. The van der Waals surface area contributed by atoms with Crippen LogP contribution in [0.2, 0.25) is 0 Å². The van der Waals surface area contributed by atoms with Crippen LogP contribution in [-0.4, -0.2) is 26.8 Å². The molecule has 3 aromatic rings. The van der Waals surface area contributed by atoms with Crippen molar-refractivity contribution in [2.75, 3.05) is 10.6 Å². The highest BCUT2D eigenvalue weighted by Crippen LogP contribution is 2.17. The highest BCUT2D eigenvalue weighted by molar-refractivity contribution is 6.03. The minimum Gasteiger partial charge on any atom is -0.326 e. The first-order chi connectivity index (χ1) is 12.4. The summed E-state index contributed by atoms with van der Waals surface area (Å²) >= 11 is 0. The fourth-order valence-corrected chi connectivity index (χ4v) is 2.50. The van der Waals surface area contributed by atoms with Crippen LogP contribution in [0.1, 0.15) is 28.7 Å². The van der Waals surface area contributed by atoms with E-state index in [1.165, 1.54) is 6.92 Å². The lowest BCUT2D eigenvalue weighted by Crippen LogP contribution is -2.14. The van der Waals surface area contributed by atoms with E-state index in [1.54, 1.807) is 35.9 Å². The summed E-state index contributed by atoms with van der Waals surface area (Å²) in [6, 6.07) is 14.7. The van der Waals surface area contributed by atoms with E-state index in [2.05, 4.69) is 20.9 Å². The standard InChI is InChI=1S/C19H19N5O2/c1-12-4-10-17(11-5-12)24-13(2)18(22-23-24)19(26)21-16-8-6-15(7-9-16)20-14(3)25/h4-11H,1-3H3,(H,20,25)(H,21,26). The molecule has 0 atom stereocenters. The van der Waals surface area contributed by atoms with Crippen molar-refractivity contribution in [2.24, 2.45) is 0 Å². The number of rotatable bonds is 4. The molecule has 0 bridgehead atoms. The molecular formula is C19H19N5O2. The van der Waals surface area contributed by atoms with Gasteiger partial charge < -0.3 is 10.6 Å². The Kier molecular flexibility index (Phi) is 4.79. The van der Waals surface area contributed by atoms with Crippen molar-refractivity contribution in [1.29, 1.82) is 0 Å². The number of aromatic nitrogens is 3. The van der Waals surface area contributed by atoms with Gasteiger partial charge in [-0.3, -0.25) is 9.59 Å². The number of nitrogens with zero attached hydrogens (tertiary/aromatic N) is 3. The number of hydrogen-bond donors (Lipinski definition) is 2. The van der Waals surface area contributed by atoms with Crippen molar-refractivity contribution in [3.8, 4) is 5.69 Å². The minimum atomic E-state index is -0.340. The van der Waals surface area contributed by atoms with Crippen molar-refractivity contribution < 1.29 is 9.59 Å². The third-order valence-electron chi connectivity index (χ3n) is 3.85. The second kappa shape index (κ2) is 7.18. The summed E-state index contributed by atoms with van der Waals surface area (Å²) < 4.78 is 1.63. The molecule has 3 rings (SSSR count). The average molecular weight is 349 g/mol. The van der Waals surface area contributed by atoms with Crippen LogP contribution in [0, 0.1) is 13.8 Å². The minimum absolute atomic E-state index is 0.148. The van der Waals surface area contributed by atoms with E-state index in [-0.39, 0.29) is 17.5 Å². The van der Waals surface area contributed by atoms with Crippen molar-refractivity contribution >= 4 is 23.2 Å². The highest BCUT2D eigenvalue weighted by Gasteiger charge is 2.17. The summed E-state index contributed by atoms with van der Waals surface area (Å²) in [6.45, 7) is 5.25. The lowest BCUT2D eigenvalue weighted by Gasteiger charge is -2.07. The first-order valence-corrected chi connectivity index (χ1v) is 8.12. The predicted molar refractivity (Wildman–Crippen MR) is 99.5 cm³/mol. The Morgan fingerprint density at radius 3 is 2.04 bits per heavy atom. The molecule has 0 radical (unpaired) electrons. The molecule has 0 fully saturated rings. The van der Waals surface area contributed by atoms with E-state index >= 15 is 0 Å².